The number of nitro groups is 1. The summed E-state index contributed by atoms with van der Waals surface area (Å²) in [5, 5.41) is 13.4. The van der Waals surface area contributed by atoms with Crippen LogP contribution in [0.3, 0.4) is 0 Å². The van der Waals surface area contributed by atoms with Crippen LogP contribution in [-0.4, -0.2) is 22.8 Å². The summed E-state index contributed by atoms with van der Waals surface area (Å²) in [5.41, 5.74) is 0.386. The average molecular weight is 517 g/mol. The number of benzene rings is 2. The zero-order chi connectivity index (χ0) is 23.0. The molecule has 1 aliphatic rings. The molecule has 160 valence electrons. The lowest BCUT2D eigenvalue weighted by Crippen LogP contribution is -2.54. The van der Waals surface area contributed by atoms with Crippen molar-refractivity contribution in [1.82, 2.24) is 5.32 Å². The quantitative estimate of drug-likeness (QED) is 0.227. The fourth-order valence-electron chi connectivity index (χ4n) is 3.02. The van der Waals surface area contributed by atoms with Crippen molar-refractivity contribution >= 4 is 62.8 Å². The third-order valence-corrected chi connectivity index (χ3v) is 5.44. The van der Waals surface area contributed by atoms with Gasteiger partial charge in [-0.05, 0) is 64.5 Å². The van der Waals surface area contributed by atoms with Gasteiger partial charge in [-0.1, -0.05) is 11.6 Å². The van der Waals surface area contributed by atoms with Crippen molar-refractivity contribution in [2.75, 3.05) is 4.90 Å². The van der Waals surface area contributed by atoms with Gasteiger partial charge in [0.25, 0.3) is 17.5 Å². The fourth-order valence-corrected chi connectivity index (χ4v) is 3.71. The van der Waals surface area contributed by atoms with E-state index in [1.807, 2.05) is 0 Å². The molecule has 0 atom stereocenters. The summed E-state index contributed by atoms with van der Waals surface area (Å²) in [5.74, 6) is -1.16. The van der Waals surface area contributed by atoms with Gasteiger partial charge in [-0.15, -0.1) is 0 Å². The maximum atomic E-state index is 12.9. The number of hydrogen-bond donors (Lipinski definition) is 1. The first-order valence-electron chi connectivity index (χ1n) is 8.96. The molecule has 0 spiro atoms. The molecule has 4 rings (SSSR count). The van der Waals surface area contributed by atoms with Crippen LogP contribution in [0.1, 0.15) is 5.76 Å². The molecule has 4 amide bonds. The Morgan fingerprint density at radius 2 is 1.78 bits per heavy atom. The van der Waals surface area contributed by atoms with Crippen molar-refractivity contribution in [3.63, 3.8) is 0 Å². The van der Waals surface area contributed by atoms with E-state index < -0.39 is 22.8 Å². The van der Waals surface area contributed by atoms with E-state index in [0.717, 1.165) is 4.90 Å². The van der Waals surface area contributed by atoms with E-state index in [9.17, 15) is 24.5 Å². The zero-order valence-corrected chi connectivity index (χ0v) is 18.2. The average Bonchev–Trinajstić information content (AvgIpc) is 3.20. The van der Waals surface area contributed by atoms with Crippen LogP contribution in [0.15, 0.2) is 69.1 Å². The number of urea groups is 1. The van der Waals surface area contributed by atoms with Crippen LogP contribution in [0.5, 0.6) is 0 Å². The minimum absolute atomic E-state index is 0.0917. The molecule has 1 aromatic heterocycles. The smallest absolute Gasteiger partial charge is 0.335 e. The molecule has 32 heavy (non-hydrogen) atoms. The third-order valence-electron chi connectivity index (χ3n) is 4.53. The summed E-state index contributed by atoms with van der Waals surface area (Å²) in [4.78, 5) is 48.6. The van der Waals surface area contributed by atoms with Gasteiger partial charge in [0.05, 0.1) is 10.6 Å². The predicted molar refractivity (Wildman–Crippen MR) is 119 cm³/mol. The Kier molecular flexibility index (Phi) is 5.64. The van der Waals surface area contributed by atoms with Crippen molar-refractivity contribution in [3.05, 3.63) is 85.5 Å². The van der Waals surface area contributed by atoms with Gasteiger partial charge < -0.3 is 4.42 Å². The maximum absolute atomic E-state index is 12.9. The van der Waals surface area contributed by atoms with Crippen LogP contribution < -0.4 is 10.2 Å². The number of nitrogens with zero attached hydrogens (tertiary/aromatic N) is 2. The molecule has 9 nitrogen and oxygen atoms in total. The van der Waals surface area contributed by atoms with E-state index in [1.54, 1.807) is 6.07 Å². The molecule has 1 fully saturated rings. The normalized spacial score (nSPS) is 15.2. The molecule has 1 aliphatic heterocycles. The molecule has 2 aromatic carbocycles. The number of anilines is 1. The molecule has 2 heterocycles. The molecule has 0 radical (unpaired) electrons. The lowest BCUT2D eigenvalue weighted by Gasteiger charge is -2.26. The topological polar surface area (TPSA) is 123 Å². The number of furan rings is 1. The van der Waals surface area contributed by atoms with Crippen LogP contribution in [0.4, 0.5) is 16.2 Å². The van der Waals surface area contributed by atoms with E-state index in [2.05, 4.69) is 21.2 Å². The van der Waals surface area contributed by atoms with Crippen molar-refractivity contribution in [1.29, 1.82) is 0 Å². The molecule has 1 saturated heterocycles. The maximum Gasteiger partial charge on any atom is 0.335 e. The van der Waals surface area contributed by atoms with Gasteiger partial charge in [-0.3, -0.25) is 25.0 Å². The van der Waals surface area contributed by atoms with E-state index >= 15 is 0 Å². The molecule has 3 aromatic rings. The molecule has 1 N–H and O–H groups in total. The Bertz CT molecular complexity index is 1320. The van der Waals surface area contributed by atoms with Gasteiger partial charge in [-0.2, -0.15) is 0 Å². The zero-order valence-electron chi connectivity index (χ0n) is 15.9. The molecule has 0 aliphatic carbocycles. The van der Waals surface area contributed by atoms with E-state index in [-0.39, 0.29) is 22.7 Å². The summed E-state index contributed by atoms with van der Waals surface area (Å²) in [7, 11) is 0. The van der Waals surface area contributed by atoms with E-state index in [0.29, 0.717) is 20.8 Å². The van der Waals surface area contributed by atoms with Gasteiger partial charge in [-0.25, -0.2) is 9.69 Å². The van der Waals surface area contributed by atoms with Gasteiger partial charge in [0.1, 0.15) is 17.1 Å². The SMILES string of the molecule is O=C1NC(=O)N(c2ccc(Cl)cc2)C(=O)C1=Cc1ccc(-c2ccc([N+](=O)[O-])cc2Br)o1. The summed E-state index contributed by atoms with van der Waals surface area (Å²) in [6, 6.07) is 12.4. The Morgan fingerprint density at radius 3 is 2.44 bits per heavy atom. The summed E-state index contributed by atoms with van der Waals surface area (Å²) >= 11 is 9.12. The number of carbonyl (C=O) groups excluding carboxylic acids is 3. The van der Waals surface area contributed by atoms with Crippen LogP contribution in [-0.2, 0) is 9.59 Å². The van der Waals surface area contributed by atoms with Gasteiger partial charge in [0.15, 0.2) is 0 Å². The van der Waals surface area contributed by atoms with Crippen molar-refractivity contribution in [3.8, 4) is 11.3 Å². The molecule has 0 bridgehead atoms. The lowest BCUT2D eigenvalue weighted by molar-refractivity contribution is -0.384. The van der Waals surface area contributed by atoms with E-state index in [4.69, 9.17) is 16.0 Å². The fraction of sp³-hybridized carbons (Fsp3) is 0. The summed E-state index contributed by atoms with van der Waals surface area (Å²) in [6.07, 6.45) is 1.22. The number of imide groups is 2. The molecule has 0 unspecified atom stereocenters. The van der Waals surface area contributed by atoms with Gasteiger partial charge in [0.2, 0.25) is 0 Å². The van der Waals surface area contributed by atoms with Crippen LogP contribution >= 0.6 is 27.5 Å². The Labute approximate surface area is 193 Å². The van der Waals surface area contributed by atoms with Crippen LogP contribution in [0.2, 0.25) is 5.02 Å². The first-order chi connectivity index (χ1) is 15.2. The first kappa shape index (κ1) is 21.5. The molecular weight excluding hydrogens is 506 g/mol. The highest BCUT2D eigenvalue weighted by molar-refractivity contribution is 9.10. The second-order valence-electron chi connectivity index (χ2n) is 6.56. The van der Waals surface area contributed by atoms with Gasteiger partial charge >= 0.3 is 6.03 Å². The number of halogens is 2. The highest BCUT2D eigenvalue weighted by atomic mass is 79.9. The molecule has 0 saturated carbocycles. The van der Waals surface area contributed by atoms with Gasteiger partial charge in [0, 0.05) is 27.2 Å². The highest BCUT2D eigenvalue weighted by Crippen LogP contribution is 2.33. The monoisotopic (exact) mass is 515 g/mol. The number of hydrogen-bond acceptors (Lipinski definition) is 6. The van der Waals surface area contributed by atoms with E-state index in [1.165, 1.54) is 54.6 Å². The number of non-ortho nitro benzene ring substituents is 1. The second kappa shape index (κ2) is 8.40. The molecular formula is C21H11BrClN3O6. The van der Waals surface area contributed by atoms with Crippen molar-refractivity contribution in [2.45, 2.75) is 0 Å². The Hall–Kier alpha value is -3.76. The number of rotatable bonds is 4. The molecule has 11 heteroatoms. The Balaban J connectivity index is 1.66. The predicted octanol–water partition coefficient (Wildman–Crippen LogP) is 4.94. The number of barbiturate groups is 1. The van der Waals surface area contributed by atoms with Crippen LogP contribution in [0, 0.1) is 10.1 Å². The number of carbonyl (C=O) groups is 3. The van der Waals surface area contributed by atoms with Crippen LogP contribution in [0.25, 0.3) is 17.4 Å². The minimum atomic E-state index is -0.880. The standard InChI is InChI=1S/C21H11BrClN3O6/c22-17-9-13(26(30)31)5-7-15(17)18-8-6-14(32-18)10-16-19(27)24-21(29)25(20(16)28)12-3-1-11(23)2-4-12/h1-10H,(H,24,27,29). The van der Waals surface area contributed by atoms with Crippen molar-refractivity contribution in [2.24, 2.45) is 0 Å². The largest absolute Gasteiger partial charge is 0.457 e. The first-order valence-corrected chi connectivity index (χ1v) is 10.1. The Morgan fingerprint density at radius 1 is 1.06 bits per heavy atom. The lowest BCUT2D eigenvalue weighted by atomic mass is 10.1. The van der Waals surface area contributed by atoms with Crippen molar-refractivity contribution < 1.29 is 23.7 Å². The third kappa shape index (κ3) is 4.05. The highest BCUT2D eigenvalue weighted by Gasteiger charge is 2.37. The summed E-state index contributed by atoms with van der Waals surface area (Å²) < 4.78 is 6.14. The number of nitro benzene ring substituents is 1. The second-order valence-corrected chi connectivity index (χ2v) is 7.85. The number of amides is 4. The number of nitrogens with one attached hydrogen (secondary N) is 1. The minimum Gasteiger partial charge on any atom is -0.457 e. The summed E-state index contributed by atoms with van der Waals surface area (Å²) in [6.45, 7) is 0.